The molecule has 8 nitrogen and oxygen atoms in total. The Morgan fingerprint density at radius 1 is 1.12 bits per heavy atom. The molecule has 0 saturated carbocycles. The molecule has 170 valence electrons. The molecule has 2 aliphatic heterocycles. The fourth-order valence-electron chi connectivity index (χ4n) is 5.68. The van der Waals surface area contributed by atoms with Gasteiger partial charge in [-0.25, -0.2) is 14.5 Å². The summed E-state index contributed by atoms with van der Waals surface area (Å²) in [5.74, 6) is 2.03. The Balaban J connectivity index is 1.24. The van der Waals surface area contributed by atoms with Crippen LogP contribution in [0.1, 0.15) is 62.0 Å². The average Bonchev–Trinajstić information content (AvgIpc) is 3.42. The van der Waals surface area contributed by atoms with Crippen molar-refractivity contribution in [3.05, 3.63) is 53.1 Å². The van der Waals surface area contributed by atoms with Crippen LogP contribution in [-0.2, 0) is 27.8 Å². The van der Waals surface area contributed by atoms with Crippen LogP contribution in [0.5, 0.6) is 0 Å². The number of hydrogen-bond acceptors (Lipinski definition) is 6. The summed E-state index contributed by atoms with van der Waals surface area (Å²) in [4.78, 5) is 35.8. The molecule has 1 aromatic carbocycles. The third-order valence-electron chi connectivity index (χ3n) is 7.79. The van der Waals surface area contributed by atoms with E-state index in [-0.39, 0.29) is 17.2 Å². The van der Waals surface area contributed by atoms with Gasteiger partial charge in [-0.05, 0) is 49.8 Å². The predicted octanol–water partition coefficient (Wildman–Crippen LogP) is 2.37. The Kier molecular flexibility index (Phi) is 4.38. The molecule has 6 rings (SSSR count). The van der Waals surface area contributed by atoms with Crippen molar-refractivity contribution in [1.82, 2.24) is 24.9 Å². The molecule has 1 aliphatic carbocycles. The molecule has 33 heavy (non-hydrogen) atoms. The van der Waals surface area contributed by atoms with Gasteiger partial charge in [-0.15, -0.1) is 0 Å². The summed E-state index contributed by atoms with van der Waals surface area (Å²) < 4.78 is 1.80. The van der Waals surface area contributed by atoms with Crippen molar-refractivity contribution in [2.24, 2.45) is 0 Å². The van der Waals surface area contributed by atoms with Gasteiger partial charge in [-0.3, -0.25) is 9.59 Å². The molecule has 1 spiro atoms. The Hall–Kier alpha value is -3.29. The van der Waals surface area contributed by atoms with Crippen molar-refractivity contribution in [3.8, 4) is 0 Å². The van der Waals surface area contributed by atoms with Gasteiger partial charge in [0.05, 0.1) is 0 Å². The van der Waals surface area contributed by atoms with E-state index in [1.807, 2.05) is 20.0 Å². The second kappa shape index (κ2) is 7.10. The lowest BCUT2D eigenvalue weighted by atomic mass is 9.85. The number of nitrogens with zero attached hydrogens (tertiary/aromatic N) is 5. The number of fused-ring (bicyclic) bond motifs is 2. The summed E-state index contributed by atoms with van der Waals surface area (Å²) in [6.07, 6.45) is 8.12. The monoisotopic (exact) mass is 444 g/mol. The van der Waals surface area contributed by atoms with E-state index >= 15 is 0 Å². The molecular weight excluding hydrogens is 416 g/mol. The zero-order valence-corrected chi connectivity index (χ0v) is 19.1. The Morgan fingerprint density at radius 3 is 2.70 bits per heavy atom. The topological polar surface area (TPSA) is 92.5 Å². The summed E-state index contributed by atoms with van der Waals surface area (Å²) in [5, 5.41) is 7.89. The summed E-state index contributed by atoms with van der Waals surface area (Å²) in [6.45, 7) is 5.68. The smallest absolute Gasteiger partial charge is 0.220 e. The van der Waals surface area contributed by atoms with E-state index in [1.54, 1.807) is 10.7 Å². The largest absolute Gasteiger partial charge is 0.353 e. The van der Waals surface area contributed by atoms with E-state index in [1.165, 1.54) is 0 Å². The molecule has 0 atom stereocenters. The predicted molar refractivity (Wildman–Crippen MR) is 123 cm³/mol. The first-order chi connectivity index (χ1) is 15.8. The number of carbonyl (C=O) groups excluding carboxylic acids is 2. The molecule has 2 saturated heterocycles. The van der Waals surface area contributed by atoms with Gasteiger partial charge in [0, 0.05) is 55.7 Å². The quantitative estimate of drug-likeness (QED) is 0.667. The highest BCUT2D eigenvalue weighted by molar-refractivity contribution is 5.95. The van der Waals surface area contributed by atoms with E-state index in [2.05, 4.69) is 33.4 Å². The van der Waals surface area contributed by atoms with Gasteiger partial charge in [0.1, 0.15) is 5.78 Å². The molecule has 0 unspecified atom stereocenters. The molecule has 2 aromatic heterocycles. The van der Waals surface area contributed by atoms with Crippen LogP contribution < -0.4 is 10.2 Å². The van der Waals surface area contributed by atoms with E-state index < -0.39 is 5.41 Å². The maximum atomic E-state index is 12.4. The van der Waals surface area contributed by atoms with Gasteiger partial charge >= 0.3 is 0 Å². The van der Waals surface area contributed by atoms with Crippen LogP contribution in [0.3, 0.4) is 0 Å². The first kappa shape index (κ1) is 20.3. The number of amides is 1. The number of anilines is 1. The number of aromatic nitrogens is 4. The van der Waals surface area contributed by atoms with E-state index in [4.69, 9.17) is 10.1 Å². The lowest BCUT2D eigenvalue weighted by molar-refractivity contribution is -0.122. The van der Waals surface area contributed by atoms with Crippen LogP contribution in [-0.4, -0.2) is 49.9 Å². The number of carbonyl (C=O) groups is 2. The maximum absolute atomic E-state index is 12.4. The van der Waals surface area contributed by atoms with Gasteiger partial charge in [-0.2, -0.15) is 5.10 Å². The van der Waals surface area contributed by atoms with Crippen LogP contribution in [0.15, 0.2) is 30.6 Å². The van der Waals surface area contributed by atoms with Crippen molar-refractivity contribution in [1.29, 1.82) is 0 Å². The molecule has 1 N–H and O–H groups in total. The van der Waals surface area contributed by atoms with Gasteiger partial charge in [0.25, 0.3) is 0 Å². The minimum atomic E-state index is -0.399. The van der Waals surface area contributed by atoms with Crippen LogP contribution in [0.25, 0.3) is 5.65 Å². The molecule has 4 heterocycles. The number of rotatable bonds is 3. The number of Topliss-reactive ketones (excluding diaryl/α,β-unsaturated/α-hetero) is 1. The lowest BCUT2D eigenvalue weighted by Crippen LogP contribution is -2.51. The standard InChI is InChI=1S/C25H28N6O2/c1-24(2)18-4-3-16(13-17(18)15-19(24)32)14-20-27-23-22(26-9-12-31(23)29-20)30-10-7-25(8-11-30)6-5-21(33)28-25/h3-4,9,12-13H,5-8,10-11,14-15H2,1-2H3,(H,28,33). The number of nitrogens with one attached hydrogen (secondary N) is 1. The molecule has 3 aromatic rings. The van der Waals surface area contributed by atoms with Crippen molar-refractivity contribution < 1.29 is 9.59 Å². The Morgan fingerprint density at radius 2 is 1.94 bits per heavy atom. The van der Waals surface area contributed by atoms with E-state index in [0.717, 1.165) is 66.3 Å². The highest BCUT2D eigenvalue weighted by atomic mass is 16.2. The number of ketones is 1. The van der Waals surface area contributed by atoms with Crippen LogP contribution in [0.2, 0.25) is 0 Å². The molecule has 0 radical (unpaired) electrons. The zero-order valence-electron chi connectivity index (χ0n) is 19.1. The van der Waals surface area contributed by atoms with Crippen molar-refractivity contribution in [3.63, 3.8) is 0 Å². The number of hydrogen-bond donors (Lipinski definition) is 1. The van der Waals surface area contributed by atoms with Crippen LogP contribution >= 0.6 is 0 Å². The highest BCUT2D eigenvalue weighted by Gasteiger charge is 2.41. The van der Waals surface area contributed by atoms with E-state index in [0.29, 0.717) is 19.3 Å². The second-order valence-electron chi connectivity index (χ2n) is 10.3. The van der Waals surface area contributed by atoms with E-state index in [9.17, 15) is 9.59 Å². The minimum Gasteiger partial charge on any atom is -0.353 e. The third kappa shape index (κ3) is 3.31. The van der Waals surface area contributed by atoms with Gasteiger partial charge in [0.15, 0.2) is 17.3 Å². The summed E-state index contributed by atoms with van der Waals surface area (Å²) in [5.41, 5.74) is 3.69. The SMILES string of the molecule is CC1(C)C(=O)Cc2cc(Cc3nc4c(N5CCC6(CCC(=O)N6)CC5)nccn4n3)ccc21. The van der Waals surface area contributed by atoms with Crippen molar-refractivity contribution in [2.75, 3.05) is 18.0 Å². The Labute approximate surface area is 192 Å². The Bertz CT molecular complexity index is 1290. The number of benzene rings is 1. The van der Waals surface area contributed by atoms with Crippen molar-refractivity contribution in [2.45, 2.75) is 63.3 Å². The second-order valence-corrected chi connectivity index (χ2v) is 10.3. The highest BCUT2D eigenvalue weighted by Crippen LogP contribution is 2.36. The van der Waals surface area contributed by atoms with Gasteiger partial charge in [0.2, 0.25) is 5.91 Å². The summed E-state index contributed by atoms with van der Waals surface area (Å²) in [7, 11) is 0. The van der Waals surface area contributed by atoms with Gasteiger partial charge < -0.3 is 10.2 Å². The molecule has 1 amide bonds. The molecule has 2 fully saturated rings. The van der Waals surface area contributed by atoms with Gasteiger partial charge in [-0.1, -0.05) is 18.2 Å². The normalized spacial score (nSPS) is 21.1. The molecular formula is C25H28N6O2. The number of piperidine rings is 1. The first-order valence-corrected chi connectivity index (χ1v) is 11.7. The molecule has 8 heteroatoms. The fourth-order valence-corrected chi connectivity index (χ4v) is 5.68. The maximum Gasteiger partial charge on any atom is 0.220 e. The minimum absolute atomic E-state index is 0.0407. The lowest BCUT2D eigenvalue weighted by Gasteiger charge is -2.39. The zero-order chi connectivity index (χ0) is 22.8. The van der Waals surface area contributed by atoms with Crippen LogP contribution in [0, 0.1) is 0 Å². The average molecular weight is 445 g/mol. The molecule has 0 bridgehead atoms. The fraction of sp³-hybridized carbons (Fsp3) is 0.480. The first-order valence-electron chi connectivity index (χ1n) is 11.7. The van der Waals surface area contributed by atoms with Crippen molar-refractivity contribution >= 4 is 23.2 Å². The molecule has 3 aliphatic rings. The third-order valence-corrected chi connectivity index (χ3v) is 7.79. The summed E-state index contributed by atoms with van der Waals surface area (Å²) >= 11 is 0. The summed E-state index contributed by atoms with van der Waals surface area (Å²) in [6, 6.07) is 6.31. The van der Waals surface area contributed by atoms with Crippen LogP contribution in [0.4, 0.5) is 5.82 Å².